The molecule has 2 rings (SSSR count). The lowest BCUT2D eigenvalue weighted by molar-refractivity contribution is 0.310. The Hall–Kier alpha value is -1.28. The predicted molar refractivity (Wildman–Crippen MR) is 53.6 cm³/mol. The fourth-order valence-corrected chi connectivity index (χ4v) is 1.79. The van der Waals surface area contributed by atoms with Crippen molar-refractivity contribution in [1.29, 1.82) is 0 Å². The smallest absolute Gasteiger partial charge is 0.0701 e. The topological polar surface area (TPSA) is 29.3 Å². The molecule has 68 valence electrons. The highest BCUT2D eigenvalue weighted by atomic mass is 15.4. The number of hydrogen-bond acceptors (Lipinski definition) is 2. The molecule has 0 radical (unpaired) electrons. The third-order valence-electron chi connectivity index (χ3n) is 2.59. The van der Waals surface area contributed by atoms with Gasteiger partial charge in [-0.25, -0.2) is 5.84 Å². The van der Waals surface area contributed by atoms with Crippen molar-refractivity contribution in [2.45, 2.75) is 18.9 Å². The Bertz CT molecular complexity index is 305. The van der Waals surface area contributed by atoms with Crippen molar-refractivity contribution in [3.05, 3.63) is 48.2 Å². The Morgan fingerprint density at radius 2 is 2.00 bits per heavy atom. The molecule has 0 bridgehead atoms. The summed E-state index contributed by atoms with van der Waals surface area (Å²) < 4.78 is 0. The molecular formula is C11H14N2. The molecule has 1 atom stereocenters. The van der Waals surface area contributed by atoms with Crippen molar-refractivity contribution in [2.24, 2.45) is 5.84 Å². The Morgan fingerprint density at radius 1 is 1.31 bits per heavy atom. The molecule has 1 aliphatic rings. The van der Waals surface area contributed by atoms with Crippen molar-refractivity contribution >= 4 is 0 Å². The fraction of sp³-hybridized carbons (Fsp3) is 0.273. The van der Waals surface area contributed by atoms with Gasteiger partial charge in [-0.05, 0) is 18.4 Å². The molecular weight excluding hydrogens is 160 g/mol. The van der Waals surface area contributed by atoms with Crippen LogP contribution in [0.4, 0.5) is 0 Å². The molecule has 0 saturated carbocycles. The summed E-state index contributed by atoms with van der Waals surface area (Å²) in [5, 5.41) is 1.79. The lowest BCUT2D eigenvalue weighted by Gasteiger charge is -2.21. The van der Waals surface area contributed by atoms with Crippen LogP contribution >= 0.6 is 0 Å². The molecule has 1 heterocycles. The van der Waals surface area contributed by atoms with Crippen LogP contribution in [-0.4, -0.2) is 5.01 Å². The first-order valence-electron chi connectivity index (χ1n) is 4.55. The highest BCUT2D eigenvalue weighted by Crippen LogP contribution is 2.34. The van der Waals surface area contributed by atoms with Crippen molar-refractivity contribution in [2.75, 3.05) is 0 Å². The molecule has 1 unspecified atom stereocenters. The highest BCUT2D eigenvalue weighted by Gasteiger charge is 2.25. The lowest BCUT2D eigenvalue weighted by atomic mass is 10.1. The zero-order chi connectivity index (χ0) is 9.26. The van der Waals surface area contributed by atoms with E-state index in [2.05, 4.69) is 18.7 Å². The summed E-state index contributed by atoms with van der Waals surface area (Å²) >= 11 is 0. The van der Waals surface area contributed by atoms with E-state index < -0.39 is 0 Å². The molecule has 13 heavy (non-hydrogen) atoms. The maximum Gasteiger partial charge on any atom is 0.0701 e. The second-order valence-electron chi connectivity index (χ2n) is 3.44. The number of nitrogens with zero attached hydrogens (tertiary/aromatic N) is 1. The number of hydrazine groups is 1. The highest BCUT2D eigenvalue weighted by molar-refractivity contribution is 5.22. The van der Waals surface area contributed by atoms with E-state index in [1.54, 1.807) is 5.01 Å². The van der Waals surface area contributed by atoms with Crippen molar-refractivity contribution in [1.82, 2.24) is 5.01 Å². The molecule has 1 saturated heterocycles. The van der Waals surface area contributed by atoms with Gasteiger partial charge in [-0.2, -0.15) is 0 Å². The number of nitrogens with two attached hydrogens (primary N) is 1. The minimum atomic E-state index is 0.327. The molecule has 1 aliphatic heterocycles. The van der Waals surface area contributed by atoms with E-state index in [9.17, 15) is 0 Å². The van der Waals surface area contributed by atoms with Gasteiger partial charge in [-0.15, -0.1) is 0 Å². The molecule has 1 aromatic rings. The average molecular weight is 174 g/mol. The molecule has 1 fully saturated rings. The first-order chi connectivity index (χ1) is 6.29. The second-order valence-corrected chi connectivity index (χ2v) is 3.44. The quantitative estimate of drug-likeness (QED) is 0.661. The van der Waals surface area contributed by atoms with E-state index in [4.69, 9.17) is 5.84 Å². The van der Waals surface area contributed by atoms with E-state index in [0.29, 0.717) is 6.04 Å². The first-order valence-corrected chi connectivity index (χ1v) is 4.55. The largest absolute Gasteiger partial charge is 0.308 e. The van der Waals surface area contributed by atoms with Crippen molar-refractivity contribution < 1.29 is 0 Å². The summed E-state index contributed by atoms with van der Waals surface area (Å²) in [5.41, 5.74) is 2.32. The van der Waals surface area contributed by atoms with Crippen LogP contribution in [0.3, 0.4) is 0 Å². The van der Waals surface area contributed by atoms with Crippen LogP contribution in [0.25, 0.3) is 0 Å². The van der Waals surface area contributed by atoms with Gasteiger partial charge in [0.25, 0.3) is 0 Å². The monoisotopic (exact) mass is 174 g/mol. The van der Waals surface area contributed by atoms with Gasteiger partial charge < -0.3 is 5.01 Å². The Balaban J connectivity index is 2.24. The maximum absolute atomic E-state index is 5.89. The summed E-state index contributed by atoms with van der Waals surface area (Å²) in [7, 11) is 0. The minimum Gasteiger partial charge on any atom is -0.308 e. The minimum absolute atomic E-state index is 0.327. The second kappa shape index (κ2) is 3.23. The third kappa shape index (κ3) is 1.45. The Labute approximate surface area is 78.6 Å². The molecule has 0 amide bonds. The van der Waals surface area contributed by atoms with Gasteiger partial charge in [0, 0.05) is 5.70 Å². The predicted octanol–water partition coefficient (Wildman–Crippen LogP) is 2.21. The van der Waals surface area contributed by atoms with E-state index >= 15 is 0 Å². The van der Waals surface area contributed by atoms with Crippen molar-refractivity contribution in [3.63, 3.8) is 0 Å². The van der Waals surface area contributed by atoms with Gasteiger partial charge in [0.2, 0.25) is 0 Å². The number of allylic oxidation sites excluding steroid dienone is 1. The van der Waals surface area contributed by atoms with E-state index in [1.165, 1.54) is 5.56 Å². The van der Waals surface area contributed by atoms with Crippen LogP contribution in [0.1, 0.15) is 24.4 Å². The zero-order valence-corrected chi connectivity index (χ0v) is 7.61. The molecule has 2 N–H and O–H groups in total. The van der Waals surface area contributed by atoms with Gasteiger partial charge in [0.15, 0.2) is 0 Å². The number of benzene rings is 1. The average Bonchev–Trinajstić information content (AvgIpc) is 2.49. The van der Waals surface area contributed by atoms with Crippen LogP contribution < -0.4 is 5.84 Å². The van der Waals surface area contributed by atoms with Crippen LogP contribution in [0.2, 0.25) is 0 Å². The summed E-state index contributed by atoms with van der Waals surface area (Å²) in [5.74, 6) is 5.89. The SMILES string of the molecule is C=C1CCC(c2ccccc2)N1N. The van der Waals surface area contributed by atoms with E-state index in [-0.39, 0.29) is 0 Å². The molecule has 2 nitrogen and oxygen atoms in total. The summed E-state index contributed by atoms with van der Waals surface area (Å²) in [6.07, 6.45) is 2.09. The molecule has 1 aromatic carbocycles. The third-order valence-corrected chi connectivity index (χ3v) is 2.59. The summed E-state index contributed by atoms with van der Waals surface area (Å²) in [6.45, 7) is 3.91. The maximum atomic E-state index is 5.89. The van der Waals surface area contributed by atoms with Gasteiger partial charge in [-0.1, -0.05) is 36.9 Å². The standard InChI is InChI=1S/C11H14N2/c1-9-7-8-11(13(9)12)10-5-3-2-4-6-10/h2-6,11H,1,7-8,12H2. The van der Waals surface area contributed by atoms with Crippen molar-refractivity contribution in [3.8, 4) is 0 Å². The fourth-order valence-electron chi connectivity index (χ4n) is 1.79. The molecule has 0 spiro atoms. The Kier molecular flexibility index (Phi) is 2.07. The summed E-state index contributed by atoms with van der Waals surface area (Å²) in [6, 6.07) is 10.7. The molecule has 0 aromatic heterocycles. The summed E-state index contributed by atoms with van der Waals surface area (Å²) in [4.78, 5) is 0. The van der Waals surface area contributed by atoms with Crippen LogP contribution in [-0.2, 0) is 0 Å². The van der Waals surface area contributed by atoms with Crippen LogP contribution in [0.5, 0.6) is 0 Å². The Morgan fingerprint density at radius 3 is 2.54 bits per heavy atom. The number of hydrogen-bond donors (Lipinski definition) is 1. The van der Waals surface area contributed by atoms with Gasteiger partial charge >= 0.3 is 0 Å². The van der Waals surface area contributed by atoms with E-state index in [1.807, 2.05) is 18.2 Å². The lowest BCUT2D eigenvalue weighted by Crippen LogP contribution is -2.28. The van der Waals surface area contributed by atoms with Gasteiger partial charge in [-0.3, -0.25) is 0 Å². The first kappa shape index (κ1) is 8.32. The van der Waals surface area contributed by atoms with Crippen LogP contribution in [0, 0.1) is 0 Å². The van der Waals surface area contributed by atoms with Gasteiger partial charge in [0.05, 0.1) is 6.04 Å². The van der Waals surface area contributed by atoms with E-state index in [0.717, 1.165) is 18.5 Å². The normalized spacial score (nSPS) is 22.4. The number of rotatable bonds is 1. The zero-order valence-electron chi connectivity index (χ0n) is 7.61. The van der Waals surface area contributed by atoms with Gasteiger partial charge in [0.1, 0.15) is 0 Å². The van der Waals surface area contributed by atoms with Crippen LogP contribution in [0.15, 0.2) is 42.6 Å². The molecule has 2 heteroatoms. The molecule has 0 aliphatic carbocycles.